The van der Waals surface area contributed by atoms with Crippen LogP contribution in [0.4, 0.5) is 8.78 Å². The maximum atomic E-state index is 13.3. The molecule has 1 atom stereocenters. The van der Waals surface area contributed by atoms with Gasteiger partial charge in [-0.25, -0.2) is 13.5 Å². The predicted octanol–water partition coefficient (Wildman–Crippen LogP) is 2.55. The van der Waals surface area contributed by atoms with E-state index in [2.05, 4.69) is 22.4 Å². The summed E-state index contributed by atoms with van der Waals surface area (Å²) in [6, 6.07) is 3.89. The van der Waals surface area contributed by atoms with Crippen LogP contribution in [0.25, 0.3) is 0 Å². The lowest BCUT2D eigenvalue weighted by molar-refractivity contribution is 0.241. The van der Waals surface area contributed by atoms with Gasteiger partial charge in [-0.15, -0.1) is 5.10 Å². The molecule has 0 aliphatic carbocycles. The zero-order valence-electron chi connectivity index (χ0n) is 12.4. The van der Waals surface area contributed by atoms with Crippen molar-refractivity contribution in [3.63, 3.8) is 0 Å². The highest BCUT2D eigenvalue weighted by Crippen LogP contribution is 2.22. The Labute approximate surface area is 122 Å². The monoisotopic (exact) mass is 295 g/mol. The number of halogens is 2. The number of tetrazole rings is 1. The molecule has 1 aromatic carbocycles. The molecule has 0 fully saturated rings. The smallest absolute Gasteiger partial charge is 0.165 e. The van der Waals surface area contributed by atoms with Crippen LogP contribution in [0, 0.1) is 11.6 Å². The third kappa shape index (κ3) is 3.60. The van der Waals surface area contributed by atoms with Gasteiger partial charge in [-0.3, -0.25) is 4.90 Å². The number of rotatable bonds is 6. The van der Waals surface area contributed by atoms with Crippen LogP contribution in [0.2, 0.25) is 0 Å². The molecular formula is C14H19F2N5. The maximum Gasteiger partial charge on any atom is 0.165 e. The molecule has 0 amide bonds. The molecule has 1 aromatic heterocycles. The Bertz CT molecular complexity index is 599. The first-order chi connectivity index (χ1) is 10.0. The molecule has 114 valence electrons. The molecule has 1 heterocycles. The van der Waals surface area contributed by atoms with E-state index in [-0.39, 0.29) is 6.04 Å². The van der Waals surface area contributed by atoms with Gasteiger partial charge in [0, 0.05) is 12.6 Å². The van der Waals surface area contributed by atoms with Crippen molar-refractivity contribution in [2.45, 2.75) is 39.4 Å². The molecule has 7 heteroatoms. The lowest BCUT2D eigenvalue weighted by atomic mass is 10.1. The number of aromatic nitrogens is 4. The minimum atomic E-state index is -0.833. The predicted molar refractivity (Wildman–Crippen MR) is 74.3 cm³/mol. The summed E-state index contributed by atoms with van der Waals surface area (Å²) in [7, 11) is 1.90. The number of benzene rings is 1. The van der Waals surface area contributed by atoms with Crippen LogP contribution in [0.3, 0.4) is 0 Å². The average Bonchev–Trinajstić information content (AvgIpc) is 2.89. The normalized spacial score (nSPS) is 12.9. The third-order valence-electron chi connectivity index (χ3n) is 3.52. The van der Waals surface area contributed by atoms with Crippen molar-refractivity contribution in [1.29, 1.82) is 0 Å². The Morgan fingerprint density at radius 3 is 2.71 bits per heavy atom. The van der Waals surface area contributed by atoms with Crippen molar-refractivity contribution in [1.82, 2.24) is 25.1 Å². The zero-order chi connectivity index (χ0) is 15.4. The highest BCUT2D eigenvalue weighted by Gasteiger charge is 2.16. The van der Waals surface area contributed by atoms with Crippen LogP contribution in [-0.2, 0) is 13.1 Å². The molecule has 0 radical (unpaired) electrons. The summed E-state index contributed by atoms with van der Waals surface area (Å²) in [6.07, 6.45) is 0.945. The SMILES string of the molecule is CCCn1nnnc1CN(C)C(C)c1ccc(F)c(F)c1. The number of nitrogens with zero attached hydrogens (tertiary/aromatic N) is 5. The summed E-state index contributed by atoms with van der Waals surface area (Å²) in [5.74, 6) is -0.905. The lowest BCUT2D eigenvalue weighted by Crippen LogP contribution is -2.24. The molecule has 0 aliphatic rings. The van der Waals surface area contributed by atoms with E-state index in [9.17, 15) is 8.78 Å². The summed E-state index contributed by atoms with van der Waals surface area (Å²) >= 11 is 0. The highest BCUT2D eigenvalue weighted by molar-refractivity contribution is 5.20. The quantitative estimate of drug-likeness (QED) is 0.821. The number of hydrogen-bond acceptors (Lipinski definition) is 4. The van der Waals surface area contributed by atoms with E-state index in [0.29, 0.717) is 12.1 Å². The standard InChI is InChI=1S/C14H19F2N5/c1-4-7-21-14(17-18-19-21)9-20(3)10(2)11-5-6-12(15)13(16)8-11/h5-6,8,10H,4,7,9H2,1-3H3. The first kappa shape index (κ1) is 15.5. The van der Waals surface area contributed by atoms with Crippen molar-refractivity contribution in [2.75, 3.05) is 7.05 Å². The Balaban J connectivity index is 2.09. The fourth-order valence-electron chi connectivity index (χ4n) is 2.11. The van der Waals surface area contributed by atoms with Crippen molar-refractivity contribution in [3.05, 3.63) is 41.2 Å². The van der Waals surface area contributed by atoms with Crippen LogP contribution < -0.4 is 0 Å². The molecule has 21 heavy (non-hydrogen) atoms. The van der Waals surface area contributed by atoms with E-state index in [4.69, 9.17) is 0 Å². The van der Waals surface area contributed by atoms with Gasteiger partial charge in [0.25, 0.3) is 0 Å². The second-order valence-corrected chi connectivity index (χ2v) is 5.08. The molecule has 0 spiro atoms. The van der Waals surface area contributed by atoms with Crippen molar-refractivity contribution >= 4 is 0 Å². The fourth-order valence-corrected chi connectivity index (χ4v) is 2.11. The summed E-state index contributed by atoms with van der Waals surface area (Å²) in [4.78, 5) is 1.99. The number of hydrogen-bond donors (Lipinski definition) is 0. The minimum absolute atomic E-state index is 0.0770. The molecular weight excluding hydrogens is 276 g/mol. The molecule has 1 unspecified atom stereocenters. The number of aryl methyl sites for hydroxylation is 1. The second kappa shape index (κ2) is 6.71. The summed E-state index contributed by atoms with van der Waals surface area (Å²) in [5.41, 5.74) is 0.714. The van der Waals surface area contributed by atoms with E-state index in [1.54, 1.807) is 10.7 Å². The Kier molecular flexibility index (Phi) is 4.95. The van der Waals surface area contributed by atoms with E-state index < -0.39 is 11.6 Å². The Morgan fingerprint density at radius 2 is 2.05 bits per heavy atom. The third-order valence-corrected chi connectivity index (χ3v) is 3.52. The second-order valence-electron chi connectivity index (χ2n) is 5.08. The summed E-state index contributed by atoms with van der Waals surface area (Å²) < 4.78 is 28.1. The Hall–Kier alpha value is -1.89. The Morgan fingerprint density at radius 1 is 1.29 bits per heavy atom. The largest absolute Gasteiger partial charge is 0.292 e. The fraction of sp³-hybridized carbons (Fsp3) is 0.500. The topological polar surface area (TPSA) is 46.8 Å². The van der Waals surface area contributed by atoms with Gasteiger partial charge in [0.15, 0.2) is 17.5 Å². The molecule has 0 saturated carbocycles. The van der Waals surface area contributed by atoms with Crippen molar-refractivity contribution in [3.8, 4) is 0 Å². The van der Waals surface area contributed by atoms with Crippen LogP contribution in [0.1, 0.15) is 37.7 Å². The van der Waals surface area contributed by atoms with Gasteiger partial charge in [0.2, 0.25) is 0 Å². The summed E-state index contributed by atoms with van der Waals surface area (Å²) in [6.45, 7) is 5.28. The molecule has 5 nitrogen and oxygen atoms in total. The van der Waals surface area contributed by atoms with Crippen LogP contribution in [0.5, 0.6) is 0 Å². The summed E-state index contributed by atoms with van der Waals surface area (Å²) in [5, 5.41) is 11.6. The van der Waals surface area contributed by atoms with Gasteiger partial charge in [0.05, 0.1) is 6.54 Å². The van der Waals surface area contributed by atoms with E-state index >= 15 is 0 Å². The van der Waals surface area contributed by atoms with Gasteiger partial charge < -0.3 is 0 Å². The van der Waals surface area contributed by atoms with Gasteiger partial charge in [-0.1, -0.05) is 13.0 Å². The molecule has 0 aliphatic heterocycles. The van der Waals surface area contributed by atoms with E-state index in [0.717, 1.165) is 24.9 Å². The van der Waals surface area contributed by atoms with Crippen molar-refractivity contribution < 1.29 is 8.78 Å². The van der Waals surface area contributed by atoms with Gasteiger partial charge in [-0.05, 0) is 48.5 Å². The van der Waals surface area contributed by atoms with E-state index in [1.807, 2.05) is 18.9 Å². The van der Waals surface area contributed by atoms with Gasteiger partial charge in [-0.2, -0.15) is 0 Å². The lowest BCUT2D eigenvalue weighted by Gasteiger charge is -2.24. The minimum Gasteiger partial charge on any atom is -0.292 e. The highest BCUT2D eigenvalue weighted by atomic mass is 19.2. The van der Waals surface area contributed by atoms with Gasteiger partial charge >= 0.3 is 0 Å². The molecule has 0 N–H and O–H groups in total. The molecule has 0 saturated heterocycles. The zero-order valence-corrected chi connectivity index (χ0v) is 12.4. The first-order valence-electron chi connectivity index (χ1n) is 6.93. The van der Waals surface area contributed by atoms with Crippen molar-refractivity contribution in [2.24, 2.45) is 0 Å². The molecule has 2 aromatic rings. The average molecular weight is 295 g/mol. The van der Waals surface area contributed by atoms with Gasteiger partial charge in [0.1, 0.15) is 0 Å². The first-order valence-corrected chi connectivity index (χ1v) is 6.93. The molecule has 2 rings (SSSR count). The maximum absolute atomic E-state index is 13.3. The van der Waals surface area contributed by atoms with Crippen LogP contribution in [0.15, 0.2) is 18.2 Å². The van der Waals surface area contributed by atoms with Crippen LogP contribution >= 0.6 is 0 Å². The molecule has 0 bridgehead atoms. The van der Waals surface area contributed by atoms with Crippen LogP contribution in [-0.4, -0.2) is 32.2 Å². The van der Waals surface area contributed by atoms with E-state index in [1.165, 1.54) is 6.07 Å².